The minimum Gasteiger partial charge on any atom is -0.476 e. The van der Waals surface area contributed by atoms with E-state index in [0.717, 1.165) is 22.8 Å². The lowest BCUT2D eigenvalue weighted by molar-refractivity contribution is -0.182. The quantitative estimate of drug-likeness (QED) is 0.733. The van der Waals surface area contributed by atoms with Gasteiger partial charge in [-0.3, -0.25) is 0 Å². The van der Waals surface area contributed by atoms with Gasteiger partial charge < -0.3 is 14.6 Å². The summed E-state index contributed by atoms with van der Waals surface area (Å²) in [6, 6.07) is 13.1. The monoisotopic (exact) mass is 309 g/mol. The second-order valence-corrected chi connectivity index (χ2v) is 5.51. The zero-order chi connectivity index (χ0) is 15.8. The van der Waals surface area contributed by atoms with Gasteiger partial charge in [-0.2, -0.15) is 0 Å². The molecule has 0 unspecified atom stereocenters. The first kappa shape index (κ1) is 14.1. The summed E-state index contributed by atoms with van der Waals surface area (Å²) in [7, 11) is 0. The first-order valence-electron chi connectivity index (χ1n) is 7.53. The van der Waals surface area contributed by atoms with Crippen molar-refractivity contribution in [1.82, 2.24) is 4.98 Å². The van der Waals surface area contributed by atoms with E-state index in [-0.39, 0.29) is 12.0 Å². The van der Waals surface area contributed by atoms with E-state index in [9.17, 15) is 9.90 Å². The number of pyridine rings is 1. The molecule has 1 fully saturated rings. The van der Waals surface area contributed by atoms with Crippen molar-refractivity contribution in [2.75, 3.05) is 13.2 Å². The summed E-state index contributed by atoms with van der Waals surface area (Å²) in [6.07, 6.45) is 0.530. The van der Waals surface area contributed by atoms with Crippen molar-refractivity contribution < 1.29 is 19.4 Å². The van der Waals surface area contributed by atoms with Crippen molar-refractivity contribution in [3.8, 4) is 0 Å². The molecular weight excluding hydrogens is 294 g/mol. The molecule has 0 radical (unpaired) electrons. The van der Waals surface area contributed by atoms with Crippen LogP contribution in [0.3, 0.4) is 0 Å². The largest absolute Gasteiger partial charge is 0.476 e. The predicted molar refractivity (Wildman–Crippen MR) is 85.5 cm³/mol. The zero-order valence-corrected chi connectivity index (χ0v) is 12.4. The lowest BCUT2D eigenvalue weighted by Crippen LogP contribution is -2.17. The molecule has 1 aliphatic rings. The molecule has 1 N–H and O–H groups in total. The third-order valence-electron chi connectivity index (χ3n) is 4.03. The molecule has 0 spiro atoms. The fourth-order valence-electron chi connectivity index (χ4n) is 2.96. The number of hydrogen-bond acceptors (Lipinski definition) is 4. The lowest BCUT2D eigenvalue weighted by Gasteiger charge is -2.23. The number of carbonyl (C=O) groups is 1. The van der Waals surface area contributed by atoms with Crippen LogP contribution in [0.25, 0.3) is 21.7 Å². The molecule has 116 valence electrons. The van der Waals surface area contributed by atoms with E-state index in [2.05, 4.69) is 4.98 Å². The van der Waals surface area contributed by atoms with E-state index in [0.29, 0.717) is 24.1 Å². The van der Waals surface area contributed by atoms with Crippen LogP contribution in [0.2, 0.25) is 0 Å². The number of ether oxygens (including phenoxy) is 2. The number of carboxylic acid groups (broad SMARTS) is 1. The van der Waals surface area contributed by atoms with Gasteiger partial charge in [0.1, 0.15) is 0 Å². The van der Waals surface area contributed by atoms with Crippen LogP contribution in [-0.2, 0) is 9.47 Å². The number of aromatic carboxylic acids is 1. The van der Waals surface area contributed by atoms with Crippen molar-refractivity contribution in [2.24, 2.45) is 0 Å². The van der Waals surface area contributed by atoms with Gasteiger partial charge in [-0.15, -0.1) is 0 Å². The van der Waals surface area contributed by atoms with Gasteiger partial charge in [-0.1, -0.05) is 30.3 Å². The molecule has 23 heavy (non-hydrogen) atoms. The third-order valence-corrected chi connectivity index (χ3v) is 4.03. The Morgan fingerprint density at radius 3 is 2.52 bits per heavy atom. The maximum Gasteiger partial charge on any atom is 0.355 e. The maximum atomic E-state index is 11.5. The molecule has 3 aromatic rings. The van der Waals surface area contributed by atoms with Crippen LogP contribution in [-0.4, -0.2) is 29.3 Å². The van der Waals surface area contributed by atoms with Gasteiger partial charge in [0.05, 0.1) is 18.7 Å². The molecule has 0 aliphatic carbocycles. The van der Waals surface area contributed by atoms with E-state index in [4.69, 9.17) is 9.47 Å². The summed E-state index contributed by atoms with van der Waals surface area (Å²) in [5, 5.41) is 11.8. The number of carboxylic acids is 1. The molecule has 4 rings (SSSR count). The minimum absolute atomic E-state index is 0.0750. The maximum absolute atomic E-state index is 11.5. The Hall–Kier alpha value is -2.50. The Morgan fingerprint density at radius 1 is 1.04 bits per heavy atom. The predicted octanol–water partition coefficient (Wildman–Crippen LogP) is 3.52. The van der Waals surface area contributed by atoms with Crippen LogP contribution < -0.4 is 0 Å². The average Bonchev–Trinajstić information content (AvgIpc) is 2.61. The number of rotatable bonds is 2. The Bertz CT molecular complexity index is 900. The SMILES string of the molecule is O=C(O)c1nc2ccc(C3OCCCO3)cc2c2ccccc12. The molecule has 1 saturated heterocycles. The lowest BCUT2D eigenvalue weighted by atomic mass is 10.0. The topological polar surface area (TPSA) is 68.7 Å². The van der Waals surface area contributed by atoms with Crippen molar-refractivity contribution in [3.05, 3.63) is 53.7 Å². The highest BCUT2D eigenvalue weighted by Gasteiger charge is 2.19. The van der Waals surface area contributed by atoms with Gasteiger partial charge >= 0.3 is 5.97 Å². The summed E-state index contributed by atoms with van der Waals surface area (Å²) in [5.41, 5.74) is 1.65. The molecule has 5 heteroatoms. The third kappa shape index (κ3) is 2.44. The van der Waals surface area contributed by atoms with Crippen LogP contribution in [0.1, 0.15) is 28.8 Å². The van der Waals surface area contributed by atoms with Crippen molar-refractivity contribution >= 4 is 27.6 Å². The van der Waals surface area contributed by atoms with Gasteiger partial charge in [0, 0.05) is 16.3 Å². The molecule has 2 aromatic carbocycles. The van der Waals surface area contributed by atoms with Crippen molar-refractivity contribution in [1.29, 1.82) is 0 Å². The molecule has 0 saturated carbocycles. The minimum atomic E-state index is -1.02. The van der Waals surface area contributed by atoms with Crippen LogP contribution in [0.4, 0.5) is 0 Å². The smallest absolute Gasteiger partial charge is 0.355 e. The molecule has 2 heterocycles. The molecule has 1 aromatic heterocycles. The average molecular weight is 309 g/mol. The normalized spacial score (nSPS) is 16.0. The highest BCUT2D eigenvalue weighted by molar-refractivity contribution is 6.12. The van der Waals surface area contributed by atoms with Gasteiger partial charge in [-0.25, -0.2) is 9.78 Å². The Labute approximate surface area is 132 Å². The molecule has 0 amide bonds. The first-order chi connectivity index (χ1) is 11.2. The first-order valence-corrected chi connectivity index (χ1v) is 7.53. The Balaban J connectivity index is 1.95. The second-order valence-electron chi connectivity index (χ2n) is 5.51. The van der Waals surface area contributed by atoms with Crippen LogP contribution in [0, 0.1) is 0 Å². The summed E-state index contributed by atoms with van der Waals surface area (Å²) in [4.78, 5) is 15.8. The number of benzene rings is 2. The van der Waals surface area contributed by atoms with Crippen molar-refractivity contribution in [2.45, 2.75) is 12.7 Å². The van der Waals surface area contributed by atoms with E-state index in [1.807, 2.05) is 36.4 Å². The highest BCUT2D eigenvalue weighted by atomic mass is 16.7. The second kappa shape index (κ2) is 5.61. The van der Waals surface area contributed by atoms with Gasteiger partial charge in [0.15, 0.2) is 12.0 Å². The van der Waals surface area contributed by atoms with Gasteiger partial charge in [-0.05, 0) is 23.9 Å². The summed E-state index contributed by atoms with van der Waals surface area (Å²) in [5.74, 6) is -1.02. The molecule has 0 atom stereocenters. The van der Waals surface area contributed by atoms with E-state index in [1.54, 1.807) is 6.07 Å². The van der Waals surface area contributed by atoms with E-state index >= 15 is 0 Å². The number of aromatic nitrogens is 1. The highest BCUT2D eigenvalue weighted by Crippen LogP contribution is 2.31. The fraction of sp³-hybridized carbons (Fsp3) is 0.222. The van der Waals surface area contributed by atoms with E-state index in [1.165, 1.54) is 0 Å². The number of nitrogens with zero attached hydrogens (tertiary/aromatic N) is 1. The zero-order valence-electron chi connectivity index (χ0n) is 12.4. The number of hydrogen-bond donors (Lipinski definition) is 1. The summed E-state index contributed by atoms with van der Waals surface area (Å²) < 4.78 is 11.3. The summed E-state index contributed by atoms with van der Waals surface area (Å²) in [6.45, 7) is 1.36. The molecule has 5 nitrogen and oxygen atoms in total. The van der Waals surface area contributed by atoms with Crippen LogP contribution >= 0.6 is 0 Å². The summed E-state index contributed by atoms with van der Waals surface area (Å²) >= 11 is 0. The molecule has 1 aliphatic heterocycles. The van der Waals surface area contributed by atoms with Crippen LogP contribution in [0.15, 0.2) is 42.5 Å². The standard InChI is InChI=1S/C18H15NO4/c20-17(21)16-13-5-2-1-4-12(13)14-10-11(6-7-15(14)19-16)18-22-8-3-9-23-18/h1-2,4-7,10,18H,3,8-9H2,(H,20,21). The number of fused-ring (bicyclic) bond motifs is 3. The van der Waals surface area contributed by atoms with Crippen LogP contribution in [0.5, 0.6) is 0 Å². The fourth-order valence-corrected chi connectivity index (χ4v) is 2.96. The van der Waals surface area contributed by atoms with Crippen molar-refractivity contribution in [3.63, 3.8) is 0 Å². The van der Waals surface area contributed by atoms with E-state index < -0.39 is 5.97 Å². The van der Waals surface area contributed by atoms with Gasteiger partial charge in [0.2, 0.25) is 0 Å². The molecular formula is C18H15NO4. The molecule has 0 bridgehead atoms. The van der Waals surface area contributed by atoms with Gasteiger partial charge in [0.25, 0.3) is 0 Å². The Morgan fingerprint density at radius 2 is 1.78 bits per heavy atom. The Kier molecular flexibility index (Phi) is 3.44.